The van der Waals surface area contributed by atoms with Gasteiger partial charge in [0.15, 0.2) is 0 Å². The molecule has 0 fully saturated rings. The van der Waals surface area contributed by atoms with E-state index in [1.54, 1.807) is 0 Å². The summed E-state index contributed by atoms with van der Waals surface area (Å²) in [7, 11) is 0. The minimum atomic E-state index is 0.866. The fraction of sp³-hybridized carbons (Fsp3) is 0.308. The largest absolute Gasteiger partial charge is 0.261 e. The van der Waals surface area contributed by atoms with E-state index < -0.39 is 0 Å². The molecular weight excluding hydrogens is 198 g/mol. The van der Waals surface area contributed by atoms with E-state index in [1.807, 2.05) is 38.5 Å². The Morgan fingerprint density at radius 2 is 1.62 bits per heavy atom. The van der Waals surface area contributed by atoms with Gasteiger partial charge in [0.1, 0.15) is 5.82 Å². The normalized spacial score (nSPS) is 10.4. The van der Waals surface area contributed by atoms with Crippen LogP contribution in [0.25, 0.3) is 0 Å². The van der Waals surface area contributed by atoms with Gasteiger partial charge in [0.2, 0.25) is 0 Å². The summed E-state index contributed by atoms with van der Waals surface area (Å²) in [4.78, 5) is 12.8. The molecule has 0 unspecified atom stereocenters. The highest BCUT2D eigenvalue weighted by Gasteiger charge is 1.98. The highest BCUT2D eigenvalue weighted by atomic mass is 14.9. The predicted molar refractivity (Wildman–Crippen MR) is 63.2 cm³/mol. The lowest BCUT2D eigenvalue weighted by molar-refractivity contribution is 0.848. The van der Waals surface area contributed by atoms with E-state index >= 15 is 0 Å². The molecule has 0 saturated heterocycles. The second kappa shape index (κ2) is 4.84. The van der Waals surface area contributed by atoms with Gasteiger partial charge in [-0.3, -0.25) is 4.98 Å². The van der Waals surface area contributed by atoms with Gasteiger partial charge in [0.25, 0.3) is 0 Å². The molecule has 2 rings (SSSR count). The minimum Gasteiger partial charge on any atom is -0.261 e. The van der Waals surface area contributed by atoms with Crippen LogP contribution in [0.5, 0.6) is 0 Å². The molecule has 0 aliphatic carbocycles. The van der Waals surface area contributed by atoms with E-state index in [1.165, 1.54) is 5.56 Å². The molecule has 0 radical (unpaired) electrons. The summed E-state index contributed by atoms with van der Waals surface area (Å²) in [6, 6.07) is 4.14. The van der Waals surface area contributed by atoms with Crippen LogP contribution in [0.4, 0.5) is 0 Å². The van der Waals surface area contributed by atoms with Crippen LogP contribution < -0.4 is 0 Å². The lowest BCUT2D eigenvalue weighted by Crippen LogP contribution is -1.98. The van der Waals surface area contributed by atoms with Crippen LogP contribution in [0.2, 0.25) is 0 Å². The van der Waals surface area contributed by atoms with Gasteiger partial charge in [-0.05, 0) is 37.5 Å². The molecule has 2 heterocycles. The van der Waals surface area contributed by atoms with E-state index in [-0.39, 0.29) is 0 Å². The molecule has 0 aliphatic heterocycles. The number of rotatable bonds is 3. The molecule has 0 N–H and O–H groups in total. The average molecular weight is 213 g/mol. The first kappa shape index (κ1) is 10.7. The van der Waals surface area contributed by atoms with Crippen molar-refractivity contribution in [2.45, 2.75) is 26.7 Å². The summed E-state index contributed by atoms with van der Waals surface area (Å²) in [5.41, 5.74) is 3.38. The van der Waals surface area contributed by atoms with Gasteiger partial charge in [0.05, 0.1) is 0 Å². The lowest BCUT2D eigenvalue weighted by Gasteiger charge is -2.01. The maximum atomic E-state index is 4.28. The van der Waals surface area contributed by atoms with E-state index in [0.717, 1.165) is 29.9 Å². The Kier molecular flexibility index (Phi) is 3.25. The van der Waals surface area contributed by atoms with Crippen molar-refractivity contribution in [2.24, 2.45) is 0 Å². The number of aryl methyl sites for hydroxylation is 4. The third-order valence-corrected chi connectivity index (χ3v) is 2.44. The van der Waals surface area contributed by atoms with E-state index in [9.17, 15) is 0 Å². The number of pyridine rings is 1. The van der Waals surface area contributed by atoms with Crippen molar-refractivity contribution < 1.29 is 0 Å². The van der Waals surface area contributed by atoms with Gasteiger partial charge in [0, 0.05) is 30.7 Å². The first-order valence-corrected chi connectivity index (χ1v) is 5.43. The van der Waals surface area contributed by atoms with Crippen molar-refractivity contribution in [1.82, 2.24) is 15.0 Å². The van der Waals surface area contributed by atoms with Crippen molar-refractivity contribution in [2.75, 3.05) is 0 Å². The van der Waals surface area contributed by atoms with Gasteiger partial charge >= 0.3 is 0 Å². The first-order valence-electron chi connectivity index (χ1n) is 5.43. The zero-order valence-electron chi connectivity index (χ0n) is 9.64. The smallest absolute Gasteiger partial charge is 0.128 e. The molecule has 0 aromatic carbocycles. The lowest BCUT2D eigenvalue weighted by atomic mass is 10.1. The standard InChI is InChI=1S/C13H15N3/c1-10-7-15-13(16-8-10)6-5-12-4-3-11(2)14-9-12/h3-4,7-9H,5-6H2,1-2H3. The molecule has 0 bridgehead atoms. The molecule has 0 aliphatic rings. The van der Waals surface area contributed by atoms with Gasteiger partial charge in [-0.25, -0.2) is 9.97 Å². The van der Waals surface area contributed by atoms with E-state index in [0.29, 0.717) is 0 Å². The Hall–Kier alpha value is -1.77. The fourth-order valence-corrected chi connectivity index (χ4v) is 1.45. The van der Waals surface area contributed by atoms with Gasteiger partial charge < -0.3 is 0 Å². The zero-order valence-corrected chi connectivity index (χ0v) is 9.64. The molecule has 0 amide bonds. The summed E-state index contributed by atoms with van der Waals surface area (Å²) in [6.45, 7) is 3.99. The van der Waals surface area contributed by atoms with Crippen LogP contribution in [0, 0.1) is 13.8 Å². The average Bonchev–Trinajstić information content (AvgIpc) is 2.30. The van der Waals surface area contributed by atoms with Crippen LogP contribution in [0.1, 0.15) is 22.6 Å². The Morgan fingerprint density at radius 3 is 2.25 bits per heavy atom. The summed E-state index contributed by atoms with van der Waals surface area (Å²) in [5, 5.41) is 0. The molecule has 3 heteroatoms. The molecule has 82 valence electrons. The van der Waals surface area contributed by atoms with Crippen LogP contribution in [0.15, 0.2) is 30.7 Å². The third kappa shape index (κ3) is 2.86. The minimum absolute atomic E-state index is 0.866. The topological polar surface area (TPSA) is 38.7 Å². The second-order valence-corrected chi connectivity index (χ2v) is 3.98. The van der Waals surface area contributed by atoms with Crippen LogP contribution in [-0.4, -0.2) is 15.0 Å². The molecule has 0 saturated carbocycles. The Morgan fingerprint density at radius 1 is 0.875 bits per heavy atom. The molecule has 16 heavy (non-hydrogen) atoms. The van der Waals surface area contributed by atoms with Crippen molar-refractivity contribution in [3.05, 3.63) is 53.4 Å². The van der Waals surface area contributed by atoms with Crippen molar-refractivity contribution >= 4 is 0 Å². The number of hydrogen-bond acceptors (Lipinski definition) is 3. The van der Waals surface area contributed by atoms with Crippen molar-refractivity contribution in [1.29, 1.82) is 0 Å². The van der Waals surface area contributed by atoms with E-state index in [2.05, 4.69) is 21.0 Å². The highest BCUT2D eigenvalue weighted by Crippen LogP contribution is 2.04. The van der Waals surface area contributed by atoms with Crippen LogP contribution in [0.3, 0.4) is 0 Å². The Labute approximate surface area is 95.6 Å². The molecule has 0 spiro atoms. The van der Waals surface area contributed by atoms with Crippen LogP contribution >= 0.6 is 0 Å². The maximum absolute atomic E-state index is 4.28. The second-order valence-electron chi connectivity index (χ2n) is 3.98. The zero-order chi connectivity index (χ0) is 11.4. The van der Waals surface area contributed by atoms with E-state index in [4.69, 9.17) is 0 Å². The predicted octanol–water partition coefficient (Wildman–Crippen LogP) is 2.27. The summed E-state index contributed by atoms with van der Waals surface area (Å²) in [5.74, 6) is 0.895. The van der Waals surface area contributed by atoms with Crippen molar-refractivity contribution in [3.8, 4) is 0 Å². The summed E-state index contributed by atoms with van der Waals surface area (Å²) >= 11 is 0. The number of hydrogen-bond donors (Lipinski definition) is 0. The molecular formula is C13H15N3. The molecule has 2 aromatic heterocycles. The third-order valence-electron chi connectivity index (χ3n) is 2.44. The monoisotopic (exact) mass is 213 g/mol. The Balaban J connectivity index is 1.97. The first-order chi connectivity index (χ1) is 7.74. The summed E-state index contributed by atoms with van der Waals surface area (Å²) in [6.07, 6.45) is 7.44. The quantitative estimate of drug-likeness (QED) is 0.785. The molecule has 2 aromatic rings. The summed E-state index contributed by atoms with van der Waals surface area (Å²) < 4.78 is 0. The van der Waals surface area contributed by atoms with Gasteiger partial charge in [-0.15, -0.1) is 0 Å². The van der Waals surface area contributed by atoms with Crippen molar-refractivity contribution in [3.63, 3.8) is 0 Å². The highest BCUT2D eigenvalue weighted by molar-refractivity contribution is 5.14. The number of aromatic nitrogens is 3. The SMILES string of the molecule is Cc1cnc(CCc2ccc(C)nc2)nc1. The number of nitrogens with zero attached hydrogens (tertiary/aromatic N) is 3. The Bertz CT molecular complexity index is 400. The van der Waals surface area contributed by atoms with Gasteiger partial charge in [-0.2, -0.15) is 0 Å². The molecule has 3 nitrogen and oxygen atoms in total. The van der Waals surface area contributed by atoms with Gasteiger partial charge in [-0.1, -0.05) is 6.07 Å². The molecule has 0 atom stereocenters. The van der Waals surface area contributed by atoms with Crippen LogP contribution in [-0.2, 0) is 12.8 Å². The maximum Gasteiger partial charge on any atom is 0.128 e. The fourth-order valence-electron chi connectivity index (χ4n) is 1.45.